The second-order valence-corrected chi connectivity index (χ2v) is 5.91. The zero-order chi connectivity index (χ0) is 17.8. The molecule has 2 aromatic carbocycles. The summed E-state index contributed by atoms with van der Waals surface area (Å²) in [6.45, 7) is 6.31. The maximum Gasteiger partial charge on any atom is 0.253 e. The van der Waals surface area contributed by atoms with E-state index in [1.165, 1.54) is 16.8 Å². The van der Waals surface area contributed by atoms with Crippen molar-refractivity contribution in [2.45, 2.75) is 26.9 Å². The summed E-state index contributed by atoms with van der Waals surface area (Å²) in [5, 5.41) is 7.26. The number of hydrogen-bond acceptors (Lipinski definition) is 2. The van der Waals surface area contributed by atoms with Crippen LogP contribution in [-0.2, 0) is 13.1 Å². The molecular weight excluding hydrogens is 310 g/mol. The highest BCUT2D eigenvalue weighted by Crippen LogP contribution is 2.31. The van der Waals surface area contributed by atoms with Crippen LogP contribution in [0.4, 0.5) is 0 Å². The molecule has 0 atom stereocenters. The third-order valence-corrected chi connectivity index (χ3v) is 4.42. The van der Waals surface area contributed by atoms with E-state index in [4.69, 9.17) is 0 Å². The highest BCUT2D eigenvalue weighted by molar-refractivity contribution is 6.07. The van der Waals surface area contributed by atoms with Gasteiger partial charge in [-0.05, 0) is 30.3 Å². The van der Waals surface area contributed by atoms with E-state index in [0.29, 0.717) is 6.54 Å². The number of hydrogen-bond donors (Lipinski definition) is 2. The van der Waals surface area contributed by atoms with Gasteiger partial charge in [-0.2, -0.15) is 0 Å². The summed E-state index contributed by atoms with van der Waals surface area (Å²) in [5.41, 5.74) is 5.41. The van der Waals surface area contributed by atoms with Gasteiger partial charge in [-0.3, -0.25) is 4.79 Å². The quantitative estimate of drug-likeness (QED) is 0.765. The second kappa shape index (κ2) is 7.53. The van der Waals surface area contributed by atoms with Crippen molar-refractivity contribution >= 4 is 16.8 Å². The van der Waals surface area contributed by atoms with Crippen LogP contribution >= 0.6 is 0 Å². The molecule has 4 nitrogen and oxygen atoms in total. The average Bonchev–Trinajstić information content (AvgIpc) is 2.94. The van der Waals surface area contributed by atoms with Crippen LogP contribution in [-0.4, -0.2) is 24.1 Å². The first-order chi connectivity index (χ1) is 12.3. The van der Waals surface area contributed by atoms with Crippen LogP contribution in [0, 0.1) is 0 Å². The predicted octanol–water partition coefficient (Wildman–Crippen LogP) is 3.80. The molecule has 0 saturated heterocycles. The zero-order valence-electron chi connectivity index (χ0n) is 15.1. The molecule has 0 radical (unpaired) electrons. The van der Waals surface area contributed by atoms with Crippen molar-refractivity contribution in [3.05, 3.63) is 59.7 Å². The van der Waals surface area contributed by atoms with Crippen LogP contribution in [0.15, 0.2) is 48.5 Å². The van der Waals surface area contributed by atoms with E-state index in [-0.39, 0.29) is 5.91 Å². The van der Waals surface area contributed by atoms with Crippen LogP contribution in [0.2, 0.25) is 0 Å². The van der Waals surface area contributed by atoms with Crippen molar-refractivity contribution in [1.29, 1.82) is 0 Å². The van der Waals surface area contributed by atoms with Gasteiger partial charge in [0.15, 0.2) is 0 Å². The number of carbonyl (C=O) groups excluding carboxylic acids is 1. The highest BCUT2D eigenvalue weighted by atomic mass is 16.1. The van der Waals surface area contributed by atoms with E-state index >= 15 is 0 Å². The number of aromatic nitrogens is 1. The molecule has 0 bridgehead atoms. The number of amides is 1. The second-order valence-electron chi connectivity index (χ2n) is 5.91. The smallest absolute Gasteiger partial charge is 0.253 e. The van der Waals surface area contributed by atoms with Crippen LogP contribution in [0.25, 0.3) is 22.2 Å². The molecule has 130 valence electrons. The molecule has 1 amide bonds. The van der Waals surface area contributed by atoms with Crippen LogP contribution in [0.1, 0.15) is 29.8 Å². The maximum absolute atomic E-state index is 12.2. The van der Waals surface area contributed by atoms with E-state index in [1.807, 2.05) is 33.0 Å². The number of nitrogens with zero attached hydrogens (tertiary/aromatic N) is 1. The molecule has 0 spiro atoms. The number of carbonyl (C=O) groups is 1. The zero-order valence-corrected chi connectivity index (χ0v) is 15.1. The van der Waals surface area contributed by atoms with Gasteiger partial charge in [0, 0.05) is 30.7 Å². The Balaban J connectivity index is 0.000000880. The number of rotatable bonds is 3. The van der Waals surface area contributed by atoms with Gasteiger partial charge in [0.25, 0.3) is 5.91 Å². The van der Waals surface area contributed by atoms with Crippen LogP contribution in [0.3, 0.4) is 0 Å². The summed E-state index contributed by atoms with van der Waals surface area (Å²) >= 11 is 0. The molecule has 0 fully saturated rings. The standard InChI is InChI=1S/C19H19N3O.C2H6/c1-20-12-13-5-7-14(8-6-13)17-11-15-3-2-4-16-18(15)22(17)10-9-21-19(16)23;1-2/h2-8,11,20H,9-10,12H2,1H3,(H,21,23);1-2H3. The molecule has 2 heterocycles. The van der Waals surface area contributed by atoms with E-state index < -0.39 is 0 Å². The molecule has 2 N–H and O–H groups in total. The fraction of sp³-hybridized carbons (Fsp3) is 0.286. The monoisotopic (exact) mass is 335 g/mol. The van der Waals surface area contributed by atoms with Crippen molar-refractivity contribution < 1.29 is 4.79 Å². The Morgan fingerprint density at radius 1 is 1.12 bits per heavy atom. The third-order valence-electron chi connectivity index (χ3n) is 4.42. The van der Waals surface area contributed by atoms with Crippen LogP contribution < -0.4 is 10.6 Å². The first-order valence-electron chi connectivity index (χ1n) is 8.92. The molecule has 0 unspecified atom stereocenters. The van der Waals surface area contributed by atoms with Crippen molar-refractivity contribution in [3.8, 4) is 11.3 Å². The Labute approximate surface area is 148 Å². The SMILES string of the molecule is CC.CNCc1ccc(-c2cc3cccc4c3n2CCNC4=O)cc1. The van der Waals surface area contributed by atoms with Gasteiger partial charge in [-0.25, -0.2) is 0 Å². The lowest BCUT2D eigenvalue weighted by Crippen LogP contribution is -2.24. The predicted molar refractivity (Wildman–Crippen MR) is 104 cm³/mol. The normalized spacial score (nSPS) is 13.0. The minimum Gasteiger partial charge on any atom is -0.350 e. The van der Waals surface area contributed by atoms with Gasteiger partial charge in [0.2, 0.25) is 0 Å². The van der Waals surface area contributed by atoms with Crippen molar-refractivity contribution in [2.24, 2.45) is 0 Å². The molecule has 1 aromatic heterocycles. The van der Waals surface area contributed by atoms with E-state index in [9.17, 15) is 4.79 Å². The Morgan fingerprint density at radius 3 is 2.60 bits per heavy atom. The first-order valence-corrected chi connectivity index (χ1v) is 8.92. The Hall–Kier alpha value is -2.59. The minimum atomic E-state index is 0.0170. The van der Waals surface area contributed by atoms with Gasteiger partial charge in [-0.15, -0.1) is 0 Å². The average molecular weight is 335 g/mol. The molecule has 1 aliphatic heterocycles. The fourth-order valence-corrected chi connectivity index (χ4v) is 3.35. The molecule has 4 heteroatoms. The van der Waals surface area contributed by atoms with Gasteiger partial charge in [-0.1, -0.05) is 50.2 Å². The van der Waals surface area contributed by atoms with Crippen molar-refractivity contribution in [3.63, 3.8) is 0 Å². The Bertz CT molecular complexity index is 878. The lowest BCUT2D eigenvalue weighted by atomic mass is 10.1. The van der Waals surface area contributed by atoms with Gasteiger partial charge >= 0.3 is 0 Å². The van der Waals surface area contributed by atoms with Gasteiger partial charge in [0.05, 0.1) is 11.1 Å². The van der Waals surface area contributed by atoms with Crippen molar-refractivity contribution in [2.75, 3.05) is 13.6 Å². The molecule has 4 rings (SSSR count). The molecular formula is C21H25N3O. The molecule has 1 aliphatic rings. The number of para-hydroxylation sites is 1. The molecule has 25 heavy (non-hydrogen) atoms. The van der Waals surface area contributed by atoms with E-state index in [1.54, 1.807) is 0 Å². The lowest BCUT2D eigenvalue weighted by Gasteiger charge is -2.10. The highest BCUT2D eigenvalue weighted by Gasteiger charge is 2.20. The maximum atomic E-state index is 12.2. The van der Waals surface area contributed by atoms with E-state index in [2.05, 4.69) is 51.6 Å². The molecule has 3 aromatic rings. The summed E-state index contributed by atoms with van der Waals surface area (Å²) < 4.78 is 2.26. The summed E-state index contributed by atoms with van der Waals surface area (Å²) in [4.78, 5) is 12.2. The van der Waals surface area contributed by atoms with Gasteiger partial charge < -0.3 is 15.2 Å². The molecule has 0 saturated carbocycles. The van der Waals surface area contributed by atoms with Gasteiger partial charge in [0.1, 0.15) is 0 Å². The Kier molecular flexibility index (Phi) is 5.19. The topological polar surface area (TPSA) is 46.1 Å². The largest absolute Gasteiger partial charge is 0.350 e. The van der Waals surface area contributed by atoms with E-state index in [0.717, 1.165) is 29.6 Å². The summed E-state index contributed by atoms with van der Waals surface area (Å²) in [6.07, 6.45) is 0. The Morgan fingerprint density at radius 2 is 1.88 bits per heavy atom. The summed E-state index contributed by atoms with van der Waals surface area (Å²) in [5.74, 6) is 0.0170. The summed E-state index contributed by atoms with van der Waals surface area (Å²) in [7, 11) is 1.95. The lowest BCUT2D eigenvalue weighted by molar-refractivity contribution is 0.0956. The third kappa shape index (κ3) is 3.17. The van der Waals surface area contributed by atoms with Crippen molar-refractivity contribution in [1.82, 2.24) is 15.2 Å². The first kappa shape index (κ1) is 17.2. The van der Waals surface area contributed by atoms with Crippen LogP contribution in [0.5, 0.6) is 0 Å². The fourth-order valence-electron chi connectivity index (χ4n) is 3.35. The number of nitrogens with one attached hydrogen (secondary N) is 2. The number of benzene rings is 2. The summed E-state index contributed by atoms with van der Waals surface area (Å²) in [6, 6.07) is 16.7. The molecule has 0 aliphatic carbocycles. The minimum absolute atomic E-state index is 0.0170.